The number of nitrogens with zero attached hydrogens (tertiary/aromatic N) is 3. The Morgan fingerprint density at radius 2 is 1.95 bits per heavy atom. The third-order valence-electron chi connectivity index (χ3n) is 3.57. The molecule has 0 radical (unpaired) electrons. The van der Waals surface area contributed by atoms with Gasteiger partial charge in [0.1, 0.15) is 5.75 Å². The van der Waals surface area contributed by atoms with E-state index in [1.54, 1.807) is 17.8 Å². The van der Waals surface area contributed by atoms with Crippen LogP contribution in [-0.2, 0) is 6.54 Å². The SMILES string of the molecule is C[C@@H]1Cn2c(nnc2-c2cc3ccccc3cc2O)S1. The Bertz CT molecular complexity index is 812. The number of hydrogen-bond acceptors (Lipinski definition) is 4. The quantitative estimate of drug-likeness (QED) is 0.744. The lowest BCUT2D eigenvalue weighted by atomic mass is 10.1. The van der Waals surface area contributed by atoms with E-state index in [0.717, 1.165) is 33.9 Å². The molecule has 4 nitrogen and oxygen atoms in total. The molecule has 4 rings (SSSR count). The third kappa shape index (κ3) is 1.70. The highest BCUT2D eigenvalue weighted by atomic mass is 32.2. The molecule has 0 fully saturated rings. The summed E-state index contributed by atoms with van der Waals surface area (Å²) in [5.74, 6) is 1.00. The normalized spacial score (nSPS) is 17.6. The van der Waals surface area contributed by atoms with Crippen LogP contribution in [0, 0.1) is 0 Å². The number of hydrogen-bond donors (Lipinski definition) is 1. The highest BCUT2D eigenvalue weighted by Crippen LogP contribution is 2.38. The van der Waals surface area contributed by atoms with Crippen LogP contribution >= 0.6 is 11.8 Å². The molecule has 0 saturated heterocycles. The molecule has 0 spiro atoms. The number of rotatable bonds is 1. The fraction of sp³-hybridized carbons (Fsp3) is 0.200. The number of phenolic OH excluding ortho intramolecular Hbond substituents is 1. The van der Waals surface area contributed by atoms with Crippen LogP contribution < -0.4 is 0 Å². The Kier molecular flexibility index (Phi) is 2.50. The van der Waals surface area contributed by atoms with Crippen LogP contribution in [0.15, 0.2) is 41.6 Å². The van der Waals surface area contributed by atoms with E-state index >= 15 is 0 Å². The van der Waals surface area contributed by atoms with Crippen LogP contribution in [0.5, 0.6) is 5.75 Å². The molecule has 1 aliphatic rings. The number of thioether (sulfide) groups is 1. The van der Waals surface area contributed by atoms with Crippen LogP contribution in [0.3, 0.4) is 0 Å². The summed E-state index contributed by atoms with van der Waals surface area (Å²) in [6.45, 7) is 3.05. The standard InChI is InChI=1S/C15H13N3OS/c1-9-8-18-14(16-17-15(18)20-9)12-6-10-4-2-3-5-11(10)7-13(12)19/h2-7,9,19H,8H2,1H3/t9-/m1/s1. The number of fused-ring (bicyclic) bond motifs is 2. The zero-order chi connectivity index (χ0) is 13.7. The second-order valence-electron chi connectivity index (χ2n) is 5.06. The lowest BCUT2D eigenvalue weighted by molar-refractivity contribution is 0.477. The fourth-order valence-electron chi connectivity index (χ4n) is 2.62. The molecule has 2 aromatic carbocycles. The summed E-state index contributed by atoms with van der Waals surface area (Å²) >= 11 is 1.72. The highest BCUT2D eigenvalue weighted by Gasteiger charge is 2.25. The first-order valence-electron chi connectivity index (χ1n) is 6.54. The molecule has 1 aliphatic heterocycles. The van der Waals surface area contributed by atoms with Crippen LogP contribution in [-0.4, -0.2) is 25.1 Å². The molecule has 3 aromatic rings. The minimum Gasteiger partial charge on any atom is -0.507 e. The topological polar surface area (TPSA) is 50.9 Å². The van der Waals surface area contributed by atoms with Gasteiger partial charge in [-0.1, -0.05) is 43.0 Å². The van der Waals surface area contributed by atoms with Gasteiger partial charge < -0.3 is 9.67 Å². The molecule has 1 atom stereocenters. The summed E-state index contributed by atoms with van der Waals surface area (Å²) in [6.07, 6.45) is 0. The predicted molar refractivity (Wildman–Crippen MR) is 79.9 cm³/mol. The summed E-state index contributed by atoms with van der Waals surface area (Å²) in [4.78, 5) is 0. The average Bonchev–Trinajstić information content (AvgIpc) is 2.97. The summed E-state index contributed by atoms with van der Waals surface area (Å²) in [6, 6.07) is 11.8. The number of benzene rings is 2. The van der Waals surface area contributed by atoms with Gasteiger partial charge in [0.2, 0.25) is 0 Å². The van der Waals surface area contributed by atoms with E-state index < -0.39 is 0 Å². The minimum absolute atomic E-state index is 0.253. The monoisotopic (exact) mass is 283 g/mol. The van der Waals surface area contributed by atoms with Crippen LogP contribution in [0.25, 0.3) is 22.2 Å². The van der Waals surface area contributed by atoms with E-state index in [1.165, 1.54) is 0 Å². The Morgan fingerprint density at radius 3 is 2.75 bits per heavy atom. The van der Waals surface area contributed by atoms with Gasteiger partial charge in [0, 0.05) is 11.8 Å². The number of phenols is 1. The van der Waals surface area contributed by atoms with Gasteiger partial charge in [0.05, 0.1) is 5.56 Å². The molecule has 100 valence electrons. The van der Waals surface area contributed by atoms with Crippen molar-refractivity contribution in [1.29, 1.82) is 0 Å². The number of aromatic nitrogens is 3. The number of aromatic hydroxyl groups is 1. The second kappa shape index (κ2) is 4.24. The maximum absolute atomic E-state index is 10.3. The van der Waals surface area contributed by atoms with Gasteiger partial charge in [-0.2, -0.15) is 0 Å². The Labute approximate surface area is 120 Å². The molecule has 1 N–H and O–H groups in total. The average molecular weight is 283 g/mol. The molecule has 0 saturated carbocycles. The molecular formula is C15H13N3OS. The smallest absolute Gasteiger partial charge is 0.191 e. The van der Waals surface area contributed by atoms with Crippen molar-refractivity contribution in [2.75, 3.05) is 0 Å². The first kappa shape index (κ1) is 11.8. The van der Waals surface area contributed by atoms with Gasteiger partial charge in [0.25, 0.3) is 0 Å². The van der Waals surface area contributed by atoms with E-state index in [4.69, 9.17) is 0 Å². The predicted octanol–water partition coefficient (Wildman–Crippen LogP) is 3.30. The lowest BCUT2D eigenvalue weighted by Gasteiger charge is -2.08. The van der Waals surface area contributed by atoms with Gasteiger partial charge in [-0.05, 0) is 22.9 Å². The zero-order valence-corrected chi connectivity index (χ0v) is 11.8. The molecule has 20 heavy (non-hydrogen) atoms. The van der Waals surface area contributed by atoms with Crippen LogP contribution in [0.2, 0.25) is 0 Å². The van der Waals surface area contributed by atoms with Gasteiger partial charge in [-0.15, -0.1) is 10.2 Å². The molecule has 2 heterocycles. The van der Waals surface area contributed by atoms with E-state index in [-0.39, 0.29) is 5.75 Å². The van der Waals surface area contributed by atoms with Crippen LogP contribution in [0.4, 0.5) is 0 Å². The first-order valence-corrected chi connectivity index (χ1v) is 7.42. The largest absolute Gasteiger partial charge is 0.507 e. The summed E-state index contributed by atoms with van der Waals surface area (Å²) in [7, 11) is 0. The van der Waals surface area contributed by atoms with Crippen LogP contribution in [0.1, 0.15) is 6.92 Å². The van der Waals surface area contributed by atoms with Crippen molar-refractivity contribution < 1.29 is 5.11 Å². The van der Waals surface area contributed by atoms with Crippen molar-refractivity contribution >= 4 is 22.5 Å². The first-order chi connectivity index (χ1) is 9.72. The molecule has 0 bridgehead atoms. The Hall–Kier alpha value is -2.01. The van der Waals surface area contributed by atoms with Crippen molar-refractivity contribution in [3.05, 3.63) is 36.4 Å². The molecular weight excluding hydrogens is 270 g/mol. The van der Waals surface area contributed by atoms with Gasteiger partial charge >= 0.3 is 0 Å². The summed E-state index contributed by atoms with van der Waals surface area (Å²) < 4.78 is 2.08. The van der Waals surface area contributed by atoms with Gasteiger partial charge in [-0.3, -0.25) is 0 Å². The minimum atomic E-state index is 0.253. The molecule has 0 aliphatic carbocycles. The van der Waals surface area contributed by atoms with Crippen molar-refractivity contribution in [2.45, 2.75) is 23.9 Å². The Balaban J connectivity index is 1.93. The third-order valence-corrected chi connectivity index (χ3v) is 4.63. The van der Waals surface area contributed by atoms with E-state index in [9.17, 15) is 5.11 Å². The second-order valence-corrected chi connectivity index (χ2v) is 6.47. The van der Waals surface area contributed by atoms with E-state index in [0.29, 0.717) is 5.25 Å². The lowest BCUT2D eigenvalue weighted by Crippen LogP contribution is -2.03. The summed E-state index contributed by atoms with van der Waals surface area (Å²) in [5, 5.41) is 22.3. The Morgan fingerprint density at radius 1 is 1.20 bits per heavy atom. The van der Waals surface area contributed by atoms with Crippen molar-refractivity contribution in [3.8, 4) is 17.1 Å². The summed E-state index contributed by atoms with van der Waals surface area (Å²) in [5.41, 5.74) is 0.747. The fourth-order valence-corrected chi connectivity index (χ4v) is 3.58. The highest BCUT2D eigenvalue weighted by molar-refractivity contribution is 7.99. The molecule has 0 unspecified atom stereocenters. The molecule has 1 aromatic heterocycles. The van der Waals surface area contributed by atoms with Crippen molar-refractivity contribution in [1.82, 2.24) is 14.8 Å². The molecule has 5 heteroatoms. The maximum atomic E-state index is 10.3. The zero-order valence-electron chi connectivity index (χ0n) is 10.9. The van der Waals surface area contributed by atoms with Crippen molar-refractivity contribution in [3.63, 3.8) is 0 Å². The molecule has 0 amide bonds. The van der Waals surface area contributed by atoms with Gasteiger partial charge in [-0.25, -0.2) is 0 Å². The maximum Gasteiger partial charge on any atom is 0.191 e. The van der Waals surface area contributed by atoms with E-state index in [1.807, 2.05) is 30.3 Å². The van der Waals surface area contributed by atoms with Crippen molar-refractivity contribution in [2.24, 2.45) is 0 Å². The van der Waals surface area contributed by atoms with Gasteiger partial charge in [0.15, 0.2) is 11.0 Å². The van der Waals surface area contributed by atoms with E-state index in [2.05, 4.69) is 21.7 Å².